The van der Waals surface area contributed by atoms with Crippen molar-refractivity contribution in [1.82, 2.24) is 9.97 Å². The lowest BCUT2D eigenvalue weighted by Crippen LogP contribution is -2.55. The summed E-state index contributed by atoms with van der Waals surface area (Å²) in [5.74, 6) is 0.741. The first-order chi connectivity index (χ1) is 33.2. The summed E-state index contributed by atoms with van der Waals surface area (Å²) in [4.78, 5) is 11.5. The molecule has 0 bridgehead atoms. The third-order valence-corrected chi connectivity index (χ3v) is 23.2. The van der Waals surface area contributed by atoms with Crippen molar-refractivity contribution in [3.63, 3.8) is 0 Å². The van der Waals surface area contributed by atoms with Crippen LogP contribution in [0.25, 0.3) is 76.7 Å². The Morgan fingerprint density at radius 2 is 0.868 bits per heavy atom. The Bertz CT molecular complexity index is 3330. The van der Waals surface area contributed by atoms with Gasteiger partial charge in [-0.15, -0.1) is 11.3 Å². The second-order valence-corrected chi connectivity index (χ2v) is 26.5. The number of hydrogen-bond donors (Lipinski definition) is 0. The number of nitrogens with zero attached hydrogens (tertiary/aromatic N) is 2. The first kappa shape index (κ1) is 43.6. The summed E-state index contributed by atoms with van der Waals surface area (Å²) < 4.78 is 1.23. The molecule has 2 heterocycles. The Hall–Kier alpha value is -6.98. The first-order valence-corrected chi connectivity index (χ1v) is 27.3. The van der Waals surface area contributed by atoms with Crippen LogP contribution in [0.15, 0.2) is 212 Å². The molecular weight excluding hydrogens is 857 g/mol. The fraction of sp³-hybridized carbons (Fsp3) is 0.156. The zero-order valence-corrected chi connectivity index (χ0v) is 41.6. The van der Waals surface area contributed by atoms with Crippen LogP contribution in [0.2, 0.25) is 16.6 Å². The number of benzene rings is 8. The van der Waals surface area contributed by atoms with E-state index in [0.29, 0.717) is 16.6 Å². The zero-order valence-electron chi connectivity index (χ0n) is 39.7. The summed E-state index contributed by atoms with van der Waals surface area (Å²) in [5.41, 5.74) is 17.8. The van der Waals surface area contributed by atoms with Gasteiger partial charge in [-0.1, -0.05) is 223 Å². The molecule has 0 saturated carbocycles. The number of hydrogen-bond acceptors (Lipinski definition) is 3. The van der Waals surface area contributed by atoms with Crippen molar-refractivity contribution >= 4 is 34.7 Å². The molecule has 0 atom stereocenters. The minimum atomic E-state index is -1.80. The van der Waals surface area contributed by atoms with Gasteiger partial charge in [-0.2, -0.15) is 0 Å². The second-order valence-electron chi connectivity index (χ2n) is 19.5. The SMILES string of the molecule is CC(C)[Si](c1ccc(-c2ccc3c(c2)C(c2ccccc2)(c2ccccc2)c2cc(-c4cccc(-c5cc(-c6ccccc6)nc(-c6cc7ccccc7s6)n5)c4)ccc2-3)cc1)(C(C)C)C(C)C. The van der Waals surface area contributed by atoms with Crippen LogP contribution in [0.4, 0.5) is 0 Å². The van der Waals surface area contributed by atoms with Gasteiger partial charge in [0.05, 0.1) is 29.8 Å². The molecule has 10 aromatic rings. The molecule has 332 valence electrons. The lowest BCUT2D eigenvalue weighted by molar-refractivity contribution is 0.769. The molecule has 2 nitrogen and oxygen atoms in total. The van der Waals surface area contributed by atoms with Gasteiger partial charge in [-0.25, -0.2) is 9.97 Å². The van der Waals surface area contributed by atoms with Gasteiger partial charge in [0.2, 0.25) is 0 Å². The minimum absolute atomic E-state index is 0.553. The smallest absolute Gasteiger partial charge is 0.170 e. The van der Waals surface area contributed by atoms with Crippen molar-refractivity contribution in [3.05, 3.63) is 235 Å². The van der Waals surface area contributed by atoms with E-state index >= 15 is 0 Å². The Morgan fingerprint density at radius 3 is 1.44 bits per heavy atom. The van der Waals surface area contributed by atoms with Crippen LogP contribution >= 0.6 is 11.3 Å². The highest BCUT2D eigenvalue weighted by molar-refractivity contribution is 7.22. The Balaban J connectivity index is 1.05. The molecule has 0 spiro atoms. The van der Waals surface area contributed by atoms with Crippen LogP contribution < -0.4 is 5.19 Å². The van der Waals surface area contributed by atoms with Crippen LogP contribution in [-0.4, -0.2) is 18.0 Å². The molecule has 0 unspecified atom stereocenters. The highest BCUT2D eigenvalue weighted by Crippen LogP contribution is 2.57. The number of fused-ring (bicyclic) bond motifs is 4. The molecule has 2 aromatic heterocycles. The highest BCUT2D eigenvalue weighted by Gasteiger charge is 2.47. The first-order valence-electron chi connectivity index (χ1n) is 24.2. The molecule has 0 fully saturated rings. The number of thiophene rings is 1. The second kappa shape index (κ2) is 17.6. The molecule has 4 heteroatoms. The molecule has 68 heavy (non-hydrogen) atoms. The summed E-state index contributed by atoms with van der Waals surface area (Å²) in [7, 11) is -1.80. The number of aromatic nitrogens is 2. The van der Waals surface area contributed by atoms with Crippen LogP contribution in [0.5, 0.6) is 0 Å². The van der Waals surface area contributed by atoms with E-state index in [1.807, 2.05) is 0 Å². The topological polar surface area (TPSA) is 25.8 Å². The molecule has 0 radical (unpaired) electrons. The summed E-state index contributed by atoms with van der Waals surface area (Å²) in [5, 5.41) is 2.78. The molecule has 1 aliphatic rings. The van der Waals surface area contributed by atoms with Gasteiger partial charge in [-0.05, 0) is 114 Å². The van der Waals surface area contributed by atoms with Crippen molar-refractivity contribution < 1.29 is 0 Å². The van der Waals surface area contributed by atoms with E-state index in [0.717, 1.165) is 38.8 Å². The van der Waals surface area contributed by atoms with E-state index in [4.69, 9.17) is 9.97 Å². The Labute approximate surface area is 407 Å². The average Bonchev–Trinajstić information content (AvgIpc) is 3.95. The summed E-state index contributed by atoms with van der Waals surface area (Å²) in [6.45, 7) is 14.7. The van der Waals surface area contributed by atoms with Crippen molar-refractivity contribution in [2.75, 3.05) is 0 Å². The van der Waals surface area contributed by atoms with Crippen molar-refractivity contribution in [2.24, 2.45) is 0 Å². The van der Waals surface area contributed by atoms with Gasteiger partial charge in [0.1, 0.15) is 0 Å². The third kappa shape index (κ3) is 7.21. The van der Waals surface area contributed by atoms with Crippen LogP contribution in [0.3, 0.4) is 0 Å². The predicted molar refractivity (Wildman–Crippen MR) is 293 cm³/mol. The lowest BCUT2D eigenvalue weighted by Gasteiger charge is -2.43. The van der Waals surface area contributed by atoms with Gasteiger partial charge >= 0.3 is 0 Å². The maximum atomic E-state index is 5.29. The Morgan fingerprint density at radius 1 is 0.397 bits per heavy atom. The van der Waals surface area contributed by atoms with Gasteiger partial charge in [0, 0.05) is 15.8 Å². The van der Waals surface area contributed by atoms with Gasteiger partial charge in [0.25, 0.3) is 0 Å². The molecule has 8 aromatic carbocycles. The number of rotatable bonds is 11. The van der Waals surface area contributed by atoms with Crippen LogP contribution in [-0.2, 0) is 5.41 Å². The maximum Gasteiger partial charge on any atom is 0.170 e. The van der Waals surface area contributed by atoms with Crippen molar-refractivity contribution in [2.45, 2.75) is 63.6 Å². The van der Waals surface area contributed by atoms with Gasteiger partial charge in [0.15, 0.2) is 5.82 Å². The van der Waals surface area contributed by atoms with E-state index in [2.05, 4.69) is 254 Å². The molecule has 0 saturated heterocycles. The fourth-order valence-corrected chi connectivity index (χ4v) is 20.0. The fourth-order valence-electron chi connectivity index (χ4n) is 12.2. The zero-order chi connectivity index (χ0) is 46.6. The predicted octanol–water partition coefficient (Wildman–Crippen LogP) is 17.3. The van der Waals surface area contributed by atoms with Gasteiger partial charge in [-0.3, -0.25) is 0 Å². The van der Waals surface area contributed by atoms with Crippen LogP contribution in [0, 0.1) is 0 Å². The molecule has 1 aliphatic carbocycles. The maximum absolute atomic E-state index is 5.29. The quantitative estimate of drug-likeness (QED) is 0.121. The standard InChI is InChI=1S/C64H56N2SSi/c1-42(2)68(43(3)4,44(5)6)54-33-29-45(30-34-54)48-31-35-55-56-36-32-49(39-58(56)64(57(55)38-48,52-24-12-8-13-25-52)53-26-14-9-15-27-53)47-22-18-23-50(37-47)60-41-59(46-19-10-7-11-20-46)65-63(66-60)62-40-51-21-16-17-28-61(51)67-62/h7-44H,1-6H3. The normalized spacial score (nSPS) is 13.1. The molecule has 0 N–H and O–H groups in total. The monoisotopic (exact) mass is 912 g/mol. The van der Waals surface area contributed by atoms with Crippen LogP contribution in [0.1, 0.15) is 63.8 Å². The van der Waals surface area contributed by atoms with Crippen molar-refractivity contribution in [1.29, 1.82) is 0 Å². The largest absolute Gasteiger partial charge is 0.227 e. The Kier molecular flexibility index (Phi) is 11.3. The van der Waals surface area contributed by atoms with E-state index in [1.165, 1.54) is 60.2 Å². The summed E-state index contributed by atoms with van der Waals surface area (Å²) >= 11 is 1.74. The van der Waals surface area contributed by atoms with E-state index in [-0.39, 0.29) is 0 Å². The van der Waals surface area contributed by atoms with E-state index in [9.17, 15) is 0 Å². The average molecular weight is 913 g/mol. The molecule has 0 aliphatic heterocycles. The van der Waals surface area contributed by atoms with Gasteiger partial charge < -0.3 is 0 Å². The minimum Gasteiger partial charge on any atom is -0.227 e. The molecular formula is C64H56N2SSi. The van der Waals surface area contributed by atoms with E-state index in [1.54, 1.807) is 16.5 Å². The van der Waals surface area contributed by atoms with Crippen molar-refractivity contribution in [3.8, 4) is 66.6 Å². The third-order valence-electron chi connectivity index (χ3n) is 15.1. The molecule has 11 rings (SSSR count). The molecule has 0 amide bonds. The highest BCUT2D eigenvalue weighted by atomic mass is 32.1. The van der Waals surface area contributed by atoms with E-state index < -0.39 is 13.5 Å². The summed E-state index contributed by atoms with van der Waals surface area (Å²) in [6.07, 6.45) is 0. The lowest BCUT2D eigenvalue weighted by atomic mass is 9.67. The summed E-state index contributed by atoms with van der Waals surface area (Å²) in [6, 6.07) is 78.7.